The molecule has 1 rings (SSSR count). The van der Waals surface area contributed by atoms with Crippen molar-refractivity contribution in [3.8, 4) is 0 Å². The normalized spacial score (nSPS) is 22.6. The zero-order chi connectivity index (χ0) is 10.6. The molecule has 0 saturated carbocycles. The van der Waals surface area contributed by atoms with Crippen LogP contribution in [0.25, 0.3) is 0 Å². The molecular weight excluding hydrogens is 182 g/mol. The number of carbonyl (C=O) groups is 2. The summed E-state index contributed by atoms with van der Waals surface area (Å²) in [5.41, 5.74) is 0. The summed E-state index contributed by atoms with van der Waals surface area (Å²) in [6.07, 6.45) is 5.40. The maximum absolute atomic E-state index is 11.5. The Morgan fingerprint density at radius 3 is 2.71 bits per heavy atom. The lowest BCUT2D eigenvalue weighted by Gasteiger charge is -2.32. The Morgan fingerprint density at radius 2 is 2.14 bits per heavy atom. The van der Waals surface area contributed by atoms with E-state index >= 15 is 0 Å². The largest absolute Gasteiger partial charge is 0.480 e. The van der Waals surface area contributed by atoms with E-state index < -0.39 is 12.0 Å². The van der Waals surface area contributed by atoms with Gasteiger partial charge in [0.1, 0.15) is 6.04 Å². The van der Waals surface area contributed by atoms with Gasteiger partial charge in [0.2, 0.25) is 5.91 Å². The van der Waals surface area contributed by atoms with E-state index in [4.69, 9.17) is 5.11 Å². The van der Waals surface area contributed by atoms with Gasteiger partial charge in [-0.05, 0) is 32.3 Å². The van der Waals surface area contributed by atoms with Gasteiger partial charge in [0.05, 0.1) is 0 Å². The van der Waals surface area contributed by atoms with E-state index in [0.717, 1.165) is 12.8 Å². The van der Waals surface area contributed by atoms with Gasteiger partial charge in [-0.1, -0.05) is 6.08 Å². The van der Waals surface area contributed by atoms with Gasteiger partial charge < -0.3 is 10.0 Å². The Balaban J connectivity index is 2.72. The van der Waals surface area contributed by atoms with Crippen molar-refractivity contribution in [1.82, 2.24) is 4.90 Å². The number of carbonyl (C=O) groups excluding carboxylic acids is 1. The topological polar surface area (TPSA) is 57.6 Å². The molecule has 1 saturated heterocycles. The average molecular weight is 197 g/mol. The highest BCUT2D eigenvalue weighted by Gasteiger charge is 2.30. The van der Waals surface area contributed by atoms with Crippen LogP contribution in [0.1, 0.15) is 26.2 Å². The molecule has 1 N–H and O–H groups in total. The van der Waals surface area contributed by atoms with E-state index in [1.165, 1.54) is 11.0 Å². The summed E-state index contributed by atoms with van der Waals surface area (Å²) in [6, 6.07) is -0.632. The first kappa shape index (κ1) is 10.8. The molecule has 4 heteroatoms. The Morgan fingerprint density at radius 1 is 1.43 bits per heavy atom. The number of hydrogen-bond acceptors (Lipinski definition) is 2. The zero-order valence-electron chi connectivity index (χ0n) is 8.27. The average Bonchev–Trinajstić information content (AvgIpc) is 2.18. The van der Waals surface area contributed by atoms with Gasteiger partial charge in [-0.25, -0.2) is 4.79 Å². The molecule has 0 radical (unpaired) electrons. The summed E-state index contributed by atoms with van der Waals surface area (Å²) in [6.45, 7) is 2.30. The maximum atomic E-state index is 11.5. The van der Waals surface area contributed by atoms with Crippen LogP contribution in [0.2, 0.25) is 0 Å². The number of rotatable bonds is 2. The van der Waals surface area contributed by atoms with Crippen LogP contribution in [-0.2, 0) is 9.59 Å². The lowest BCUT2D eigenvalue weighted by atomic mass is 10.0. The SMILES string of the molecule is CC=CC(=O)N1CCCC[C@H]1C(=O)O. The summed E-state index contributed by atoms with van der Waals surface area (Å²) in [5.74, 6) is -1.10. The van der Waals surface area contributed by atoms with E-state index in [1.54, 1.807) is 13.0 Å². The number of amides is 1. The highest BCUT2D eigenvalue weighted by Crippen LogP contribution is 2.17. The first-order chi connectivity index (χ1) is 6.66. The monoisotopic (exact) mass is 197 g/mol. The van der Waals surface area contributed by atoms with E-state index in [2.05, 4.69) is 0 Å². The second kappa shape index (κ2) is 4.79. The van der Waals surface area contributed by atoms with Gasteiger partial charge >= 0.3 is 5.97 Å². The molecule has 0 aromatic heterocycles. The van der Waals surface area contributed by atoms with Crippen molar-refractivity contribution in [2.75, 3.05) is 6.54 Å². The Hall–Kier alpha value is -1.32. The quantitative estimate of drug-likeness (QED) is 0.672. The lowest BCUT2D eigenvalue weighted by Crippen LogP contribution is -2.47. The van der Waals surface area contributed by atoms with Crippen LogP contribution in [0.15, 0.2) is 12.2 Å². The fourth-order valence-corrected chi connectivity index (χ4v) is 1.69. The minimum Gasteiger partial charge on any atom is -0.480 e. The summed E-state index contributed by atoms with van der Waals surface area (Å²) in [4.78, 5) is 23.8. The van der Waals surface area contributed by atoms with Crippen molar-refractivity contribution in [2.45, 2.75) is 32.2 Å². The molecule has 1 aliphatic rings. The van der Waals surface area contributed by atoms with Crippen molar-refractivity contribution < 1.29 is 14.7 Å². The van der Waals surface area contributed by atoms with E-state index in [-0.39, 0.29) is 5.91 Å². The van der Waals surface area contributed by atoms with Crippen molar-refractivity contribution in [3.63, 3.8) is 0 Å². The minimum atomic E-state index is -0.900. The van der Waals surface area contributed by atoms with Crippen LogP contribution >= 0.6 is 0 Å². The van der Waals surface area contributed by atoms with Crippen LogP contribution in [0, 0.1) is 0 Å². The third-order valence-corrected chi connectivity index (χ3v) is 2.38. The van der Waals surface area contributed by atoms with Crippen molar-refractivity contribution >= 4 is 11.9 Å². The number of nitrogens with zero attached hydrogens (tertiary/aromatic N) is 1. The van der Waals surface area contributed by atoms with Crippen LogP contribution in [0.5, 0.6) is 0 Å². The van der Waals surface area contributed by atoms with E-state index in [1.807, 2.05) is 0 Å². The molecule has 4 nitrogen and oxygen atoms in total. The smallest absolute Gasteiger partial charge is 0.326 e. The molecule has 14 heavy (non-hydrogen) atoms. The van der Waals surface area contributed by atoms with E-state index in [9.17, 15) is 9.59 Å². The summed E-state index contributed by atoms with van der Waals surface area (Å²) < 4.78 is 0. The minimum absolute atomic E-state index is 0.195. The molecule has 0 spiro atoms. The van der Waals surface area contributed by atoms with Crippen LogP contribution in [0.3, 0.4) is 0 Å². The molecular formula is C10H15NO3. The van der Waals surface area contributed by atoms with Gasteiger partial charge in [0.25, 0.3) is 0 Å². The highest BCUT2D eigenvalue weighted by molar-refractivity contribution is 5.91. The van der Waals surface area contributed by atoms with Crippen LogP contribution in [-0.4, -0.2) is 34.5 Å². The van der Waals surface area contributed by atoms with Gasteiger partial charge in [-0.3, -0.25) is 4.79 Å². The van der Waals surface area contributed by atoms with Crippen molar-refractivity contribution in [1.29, 1.82) is 0 Å². The fraction of sp³-hybridized carbons (Fsp3) is 0.600. The number of carboxylic acids is 1. The number of aliphatic carboxylic acids is 1. The van der Waals surface area contributed by atoms with Crippen molar-refractivity contribution in [2.24, 2.45) is 0 Å². The summed E-state index contributed by atoms with van der Waals surface area (Å²) >= 11 is 0. The standard InChI is InChI=1S/C10H15NO3/c1-2-5-9(12)11-7-4-3-6-8(11)10(13)14/h2,5,8H,3-4,6-7H2,1H3,(H,13,14)/t8-/m0/s1. The molecule has 0 aliphatic carbocycles. The van der Waals surface area contributed by atoms with Crippen LogP contribution in [0.4, 0.5) is 0 Å². The molecule has 78 valence electrons. The van der Waals surface area contributed by atoms with Gasteiger partial charge in [-0.2, -0.15) is 0 Å². The first-order valence-electron chi connectivity index (χ1n) is 4.83. The molecule has 0 bridgehead atoms. The third kappa shape index (κ3) is 2.34. The maximum Gasteiger partial charge on any atom is 0.326 e. The fourth-order valence-electron chi connectivity index (χ4n) is 1.69. The summed E-state index contributed by atoms with van der Waals surface area (Å²) in [7, 11) is 0. The summed E-state index contributed by atoms with van der Waals surface area (Å²) in [5, 5.41) is 8.91. The molecule has 1 amide bonds. The molecule has 0 unspecified atom stereocenters. The van der Waals surface area contributed by atoms with Gasteiger partial charge in [0, 0.05) is 6.54 Å². The lowest BCUT2D eigenvalue weighted by molar-refractivity contribution is -0.150. The number of allylic oxidation sites excluding steroid dienone is 1. The Kier molecular flexibility index (Phi) is 3.68. The van der Waals surface area contributed by atoms with Gasteiger partial charge in [0.15, 0.2) is 0 Å². The number of hydrogen-bond donors (Lipinski definition) is 1. The molecule has 1 atom stereocenters. The second-order valence-electron chi connectivity index (χ2n) is 3.38. The van der Waals surface area contributed by atoms with Crippen molar-refractivity contribution in [3.05, 3.63) is 12.2 Å². The predicted molar refractivity (Wildman–Crippen MR) is 51.8 cm³/mol. The number of likely N-dealkylation sites (tertiary alicyclic amines) is 1. The van der Waals surface area contributed by atoms with Crippen LogP contribution < -0.4 is 0 Å². The number of carboxylic acid groups (broad SMARTS) is 1. The predicted octanol–water partition coefficient (Wildman–Crippen LogP) is 1.03. The Bertz CT molecular complexity index is 260. The number of piperidine rings is 1. The highest BCUT2D eigenvalue weighted by atomic mass is 16.4. The molecule has 1 heterocycles. The molecule has 0 aromatic carbocycles. The first-order valence-corrected chi connectivity index (χ1v) is 4.83. The van der Waals surface area contributed by atoms with Gasteiger partial charge in [-0.15, -0.1) is 0 Å². The van der Waals surface area contributed by atoms with E-state index in [0.29, 0.717) is 13.0 Å². The molecule has 1 aliphatic heterocycles. The zero-order valence-corrected chi connectivity index (χ0v) is 8.27. The second-order valence-corrected chi connectivity index (χ2v) is 3.38. The molecule has 0 aromatic rings. The molecule has 1 fully saturated rings. The third-order valence-electron chi connectivity index (χ3n) is 2.38. The Labute approximate surface area is 83.2 Å².